The summed E-state index contributed by atoms with van der Waals surface area (Å²) in [6.07, 6.45) is 2.41. The molecule has 2 heteroatoms. The lowest BCUT2D eigenvalue weighted by atomic mass is 9.91. The lowest BCUT2D eigenvalue weighted by Crippen LogP contribution is -2.62. The molecular weight excluding hydrogens is 232 g/mol. The van der Waals surface area contributed by atoms with Gasteiger partial charge in [-0.25, -0.2) is 0 Å². The van der Waals surface area contributed by atoms with E-state index in [1.54, 1.807) is 0 Å². The van der Waals surface area contributed by atoms with Gasteiger partial charge in [0.05, 0.1) is 0 Å². The molecule has 1 N–H and O–H groups in total. The van der Waals surface area contributed by atoms with Crippen molar-refractivity contribution in [3.05, 3.63) is 35.4 Å². The van der Waals surface area contributed by atoms with Gasteiger partial charge < -0.3 is 5.32 Å². The SMILES string of the molecule is CCC1CN(Cc2ccc(C)cc2)C(C)(CC)CN1. The van der Waals surface area contributed by atoms with E-state index in [0.717, 1.165) is 19.6 Å². The van der Waals surface area contributed by atoms with Crippen molar-refractivity contribution >= 4 is 0 Å². The van der Waals surface area contributed by atoms with Crippen molar-refractivity contribution in [2.45, 2.75) is 58.7 Å². The number of piperazine rings is 1. The molecule has 1 heterocycles. The molecular formula is C17H28N2. The largest absolute Gasteiger partial charge is 0.311 e. The Morgan fingerprint density at radius 1 is 1.26 bits per heavy atom. The Kier molecular flexibility index (Phi) is 4.64. The molecule has 0 aromatic heterocycles. The molecule has 0 radical (unpaired) electrons. The number of rotatable bonds is 4. The number of nitrogens with one attached hydrogen (secondary N) is 1. The number of hydrogen-bond acceptors (Lipinski definition) is 2. The normalized spacial score (nSPS) is 28.5. The van der Waals surface area contributed by atoms with Gasteiger partial charge in [0.2, 0.25) is 0 Å². The summed E-state index contributed by atoms with van der Waals surface area (Å²) in [5.74, 6) is 0. The van der Waals surface area contributed by atoms with Crippen molar-refractivity contribution in [3.8, 4) is 0 Å². The first-order chi connectivity index (χ1) is 9.07. The van der Waals surface area contributed by atoms with Gasteiger partial charge in [-0.3, -0.25) is 4.90 Å². The van der Waals surface area contributed by atoms with Crippen molar-refractivity contribution in [2.75, 3.05) is 13.1 Å². The fourth-order valence-corrected chi connectivity index (χ4v) is 2.82. The van der Waals surface area contributed by atoms with Crippen LogP contribution in [0.5, 0.6) is 0 Å². The molecule has 0 amide bonds. The first kappa shape index (κ1) is 14.5. The van der Waals surface area contributed by atoms with Gasteiger partial charge in [0.25, 0.3) is 0 Å². The summed E-state index contributed by atoms with van der Waals surface area (Å²) in [6, 6.07) is 9.63. The van der Waals surface area contributed by atoms with E-state index in [2.05, 4.69) is 62.2 Å². The molecule has 0 spiro atoms. The van der Waals surface area contributed by atoms with Crippen LogP contribution in [-0.4, -0.2) is 29.6 Å². The molecule has 1 aromatic carbocycles. The van der Waals surface area contributed by atoms with Gasteiger partial charge in [-0.15, -0.1) is 0 Å². The molecule has 0 bridgehead atoms. The Labute approximate surface area is 118 Å². The van der Waals surface area contributed by atoms with Gasteiger partial charge in [-0.2, -0.15) is 0 Å². The Morgan fingerprint density at radius 3 is 2.53 bits per heavy atom. The van der Waals surface area contributed by atoms with Crippen molar-refractivity contribution in [2.24, 2.45) is 0 Å². The second-order valence-electron chi connectivity index (χ2n) is 6.20. The van der Waals surface area contributed by atoms with Crippen LogP contribution in [0.1, 0.15) is 44.7 Å². The Morgan fingerprint density at radius 2 is 1.95 bits per heavy atom. The fraction of sp³-hybridized carbons (Fsp3) is 0.647. The van der Waals surface area contributed by atoms with Crippen LogP contribution >= 0.6 is 0 Å². The van der Waals surface area contributed by atoms with Crippen molar-refractivity contribution in [1.29, 1.82) is 0 Å². The van der Waals surface area contributed by atoms with E-state index in [1.165, 1.54) is 24.0 Å². The summed E-state index contributed by atoms with van der Waals surface area (Å²) >= 11 is 0. The summed E-state index contributed by atoms with van der Waals surface area (Å²) in [6.45, 7) is 12.5. The summed E-state index contributed by atoms with van der Waals surface area (Å²) in [5.41, 5.74) is 3.06. The smallest absolute Gasteiger partial charge is 0.0307 e. The fourth-order valence-electron chi connectivity index (χ4n) is 2.82. The Hall–Kier alpha value is -0.860. The molecule has 1 fully saturated rings. The molecule has 2 unspecified atom stereocenters. The first-order valence-corrected chi connectivity index (χ1v) is 7.61. The third-order valence-electron chi connectivity index (χ3n) is 4.72. The van der Waals surface area contributed by atoms with Crippen LogP contribution in [0.15, 0.2) is 24.3 Å². The molecule has 19 heavy (non-hydrogen) atoms. The van der Waals surface area contributed by atoms with Gasteiger partial charge in [0, 0.05) is 31.2 Å². The van der Waals surface area contributed by atoms with Crippen LogP contribution in [0.25, 0.3) is 0 Å². The van der Waals surface area contributed by atoms with E-state index in [-0.39, 0.29) is 5.54 Å². The molecule has 0 aliphatic carbocycles. The highest BCUT2D eigenvalue weighted by molar-refractivity contribution is 5.21. The second kappa shape index (κ2) is 6.06. The van der Waals surface area contributed by atoms with E-state index >= 15 is 0 Å². The van der Waals surface area contributed by atoms with Gasteiger partial charge in [-0.05, 0) is 32.3 Å². The average Bonchev–Trinajstić information content (AvgIpc) is 2.43. The monoisotopic (exact) mass is 260 g/mol. The summed E-state index contributed by atoms with van der Waals surface area (Å²) in [7, 11) is 0. The molecule has 0 saturated carbocycles. The zero-order valence-corrected chi connectivity index (χ0v) is 12.9. The van der Waals surface area contributed by atoms with E-state index in [9.17, 15) is 0 Å². The summed E-state index contributed by atoms with van der Waals surface area (Å²) < 4.78 is 0. The van der Waals surface area contributed by atoms with Crippen LogP contribution in [0.3, 0.4) is 0 Å². The van der Waals surface area contributed by atoms with Gasteiger partial charge >= 0.3 is 0 Å². The highest BCUT2D eigenvalue weighted by Crippen LogP contribution is 2.25. The van der Waals surface area contributed by atoms with Gasteiger partial charge in [-0.1, -0.05) is 43.7 Å². The second-order valence-corrected chi connectivity index (χ2v) is 6.20. The van der Waals surface area contributed by atoms with Gasteiger partial charge in [0.1, 0.15) is 0 Å². The van der Waals surface area contributed by atoms with Crippen LogP contribution in [-0.2, 0) is 6.54 Å². The third-order valence-corrected chi connectivity index (χ3v) is 4.72. The number of nitrogens with zero attached hydrogens (tertiary/aromatic N) is 1. The predicted octanol–water partition coefficient (Wildman–Crippen LogP) is 3.35. The molecule has 1 saturated heterocycles. The minimum absolute atomic E-state index is 0.288. The highest BCUT2D eigenvalue weighted by Gasteiger charge is 2.35. The van der Waals surface area contributed by atoms with Crippen molar-refractivity contribution in [1.82, 2.24) is 10.2 Å². The molecule has 1 aromatic rings. The predicted molar refractivity (Wildman–Crippen MR) is 82.4 cm³/mol. The summed E-state index contributed by atoms with van der Waals surface area (Å²) in [4.78, 5) is 2.67. The van der Waals surface area contributed by atoms with E-state index < -0.39 is 0 Å². The third kappa shape index (κ3) is 3.37. The topological polar surface area (TPSA) is 15.3 Å². The Bertz CT molecular complexity index is 398. The number of aryl methyl sites for hydroxylation is 1. The van der Waals surface area contributed by atoms with E-state index in [1.807, 2.05) is 0 Å². The van der Waals surface area contributed by atoms with Crippen LogP contribution < -0.4 is 5.32 Å². The van der Waals surface area contributed by atoms with Crippen LogP contribution in [0.2, 0.25) is 0 Å². The maximum absolute atomic E-state index is 3.69. The molecule has 2 atom stereocenters. The Balaban J connectivity index is 2.11. The van der Waals surface area contributed by atoms with Gasteiger partial charge in [0.15, 0.2) is 0 Å². The zero-order chi connectivity index (χ0) is 13.9. The maximum atomic E-state index is 3.69. The summed E-state index contributed by atoms with van der Waals surface area (Å²) in [5, 5.41) is 3.69. The first-order valence-electron chi connectivity index (χ1n) is 7.61. The number of benzene rings is 1. The zero-order valence-electron chi connectivity index (χ0n) is 12.9. The molecule has 1 aliphatic heterocycles. The lowest BCUT2D eigenvalue weighted by molar-refractivity contribution is 0.0408. The number of hydrogen-bond donors (Lipinski definition) is 1. The van der Waals surface area contributed by atoms with Crippen LogP contribution in [0, 0.1) is 6.92 Å². The molecule has 106 valence electrons. The molecule has 2 rings (SSSR count). The molecule has 1 aliphatic rings. The standard InChI is InChI=1S/C17H28N2/c1-5-16-12-19(17(4,6-2)13-18-16)11-15-9-7-14(3)8-10-15/h7-10,16,18H,5-6,11-13H2,1-4H3. The minimum Gasteiger partial charge on any atom is -0.311 e. The van der Waals surface area contributed by atoms with Crippen molar-refractivity contribution < 1.29 is 0 Å². The van der Waals surface area contributed by atoms with E-state index in [4.69, 9.17) is 0 Å². The highest BCUT2D eigenvalue weighted by atomic mass is 15.3. The lowest BCUT2D eigenvalue weighted by Gasteiger charge is -2.48. The maximum Gasteiger partial charge on any atom is 0.0307 e. The van der Waals surface area contributed by atoms with E-state index in [0.29, 0.717) is 6.04 Å². The minimum atomic E-state index is 0.288. The average molecular weight is 260 g/mol. The molecule has 2 nitrogen and oxygen atoms in total. The quantitative estimate of drug-likeness (QED) is 0.893. The van der Waals surface area contributed by atoms with Crippen LogP contribution in [0.4, 0.5) is 0 Å². The van der Waals surface area contributed by atoms with Crippen molar-refractivity contribution in [3.63, 3.8) is 0 Å².